The van der Waals surface area contributed by atoms with Gasteiger partial charge in [0.1, 0.15) is 0 Å². The average molecular weight is 455 g/mol. The van der Waals surface area contributed by atoms with Crippen molar-refractivity contribution < 1.29 is 28.7 Å². The summed E-state index contributed by atoms with van der Waals surface area (Å²) in [5.41, 5.74) is 6.05. The maximum atomic E-state index is 11.7. The Labute approximate surface area is 188 Å². The lowest BCUT2D eigenvalue weighted by molar-refractivity contribution is -0.385. The first-order valence-electron chi connectivity index (χ1n) is 9.60. The number of nitro benzene ring substituents is 1. The number of primary amides is 1. The molecule has 2 heterocycles. The van der Waals surface area contributed by atoms with Crippen molar-refractivity contribution in [3.05, 3.63) is 64.1 Å². The van der Waals surface area contributed by atoms with Crippen LogP contribution in [0.2, 0.25) is 0 Å². The van der Waals surface area contributed by atoms with E-state index in [1.807, 2.05) is 0 Å². The van der Waals surface area contributed by atoms with E-state index in [0.29, 0.717) is 22.6 Å². The van der Waals surface area contributed by atoms with E-state index in [1.165, 1.54) is 38.7 Å². The summed E-state index contributed by atoms with van der Waals surface area (Å²) in [5.74, 6) is 0.729. The smallest absolute Gasteiger partial charge is 0.411 e. The fourth-order valence-corrected chi connectivity index (χ4v) is 2.95. The van der Waals surface area contributed by atoms with Gasteiger partial charge in [0, 0.05) is 12.1 Å². The Balaban J connectivity index is 1.90. The topological polar surface area (TPSA) is 162 Å². The summed E-state index contributed by atoms with van der Waals surface area (Å²) in [6.45, 7) is 1.78. The van der Waals surface area contributed by atoms with Crippen LogP contribution in [0.5, 0.6) is 17.4 Å². The van der Waals surface area contributed by atoms with E-state index in [1.54, 1.807) is 25.1 Å². The number of carbonyl (C=O) groups excluding carboxylic acids is 1. The molecule has 0 bridgehead atoms. The predicted octanol–water partition coefficient (Wildman–Crippen LogP) is 3.20. The largest absolute Gasteiger partial charge is 0.494 e. The van der Waals surface area contributed by atoms with Crippen LogP contribution in [-0.4, -0.2) is 40.2 Å². The summed E-state index contributed by atoms with van der Waals surface area (Å²) in [5, 5.41) is 11.7. The number of ether oxygens (including phenoxy) is 4. The lowest BCUT2D eigenvalue weighted by Crippen LogP contribution is -2.17. The minimum atomic E-state index is -0.979. The predicted molar refractivity (Wildman–Crippen MR) is 115 cm³/mol. The number of benzene rings is 1. The van der Waals surface area contributed by atoms with Gasteiger partial charge in [-0.15, -0.1) is 0 Å². The minimum absolute atomic E-state index is 0.0269. The molecule has 3 aromatic rings. The molecule has 172 valence electrons. The second-order valence-electron chi connectivity index (χ2n) is 6.67. The van der Waals surface area contributed by atoms with E-state index in [-0.39, 0.29) is 29.7 Å². The number of methoxy groups -OCH3 is 2. The fraction of sp³-hybridized carbons (Fsp3) is 0.238. The van der Waals surface area contributed by atoms with Crippen LogP contribution in [0.15, 0.2) is 42.7 Å². The van der Waals surface area contributed by atoms with Gasteiger partial charge in [-0.05, 0) is 24.6 Å². The second kappa shape index (κ2) is 10.3. The fourth-order valence-electron chi connectivity index (χ4n) is 2.95. The number of hydrogen-bond donors (Lipinski definition) is 1. The van der Waals surface area contributed by atoms with Gasteiger partial charge in [-0.3, -0.25) is 10.1 Å². The van der Waals surface area contributed by atoms with E-state index < -0.39 is 17.1 Å². The molecule has 0 spiro atoms. The Hall–Kier alpha value is -4.32. The second-order valence-corrected chi connectivity index (χ2v) is 6.67. The molecular formula is C21H21N5O7. The monoisotopic (exact) mass is 455 g/mol. The molecule has 0 aliphatic rings. The number of hydrogen-bond acceptors (Lipinski definition) is 10. The SMILES string of the molecule is COc1cnc(-c2cc(C(C)OCc3cccc(OC(N)=O)n3)cc([N+](=O)[O-])c2OC)nc1. The van der Waals surface area contributed by atoms with Gasteiger partial charge in [-0.2, -0.15) is 0 Å². The molecule has 12 nitrogen and oxygen atoms in total. The zero-order chi connectivity index (χ0) is 24.0. The Morgan fingerprint density at radius 3 is 2.52 bits per heavy atom. The molecular weight excluding hydrogens is 434 g/mol. The first-order valence-corrected chi connectivity index (χ1v) is 9.60. The number of nitrogens with two attached hydrogens (primary N) is 1. The number of aromatic nitrogens is 3. The minimum Gasteiger partial charge on any atom is -0.494 e. The van der Waals surface area contributed by atoms with Crippen LogP contribution in [-0.2, 0) is 11.3 Å². The Bertz CT molecular complexity index is 1150. The molecule has 1 amide bonds. The molecule has 2 N–H and O–H groups in total. The highest BCUT2D eigenvalue weighted by Gasteiger charge is 2.25. The number of carbonyl (C=O) groups is 1. The number of rotatable bonds is 9. The first kappa shape index (κ1) is 23.3. The molecule has 3 rings (SSSR count). The van der Waals surface area contributed by atoms with Crippen molar-refractivity contribution in [3.63, 3.8) is 0 Å². The van der Waals surface area contributed by atoms with E-state index in [9.17, 15) is 14.9 Å². The van der Waals surface area contributed by atoms with Gasteiger partial charge < -0.3 is 24.7 Å². The maximum absolute atomic E-state index is 11.7. The Kier molecular flexibility index (Phi) is 7.31. The molecule has 0 radical (unpaired) electrons. The molecule has 1 unspecified atom stereocenters. The van der Waals surface area contributed by atoms with E-state index in [0.717, 1.165) is 0 Å². The summed E-state index contributed by atoms with van der Waals surface area (Å²) in [7, 11) is 2.82. The lowest BCUT2D eigenvalue weighted by atomic mass is 10.0. The average Bonchev–Trinajstić information content (AvgIpc) is 2.81. The van der Waals surface area contributed by atoms with Gasteiger partial charge in [0.25, 0.3) is 0 Å². The molecule has 0 saturated heterocycles. The molecule has 33 heavy (non-hydrogen) atoms. The number of nitro groups is 1. The maximum Gasteiger partial charge on any atom is 0.411 e. The van der Waals surface area contributed by atoms with Gasteiger partial charge in [0.05, 0.1) is 55.5 Å². The summed E-state index contributed by atoms with van der Waals surface area (Å²) in [4.78, 5) is 34.6. The van der Waals surface area contributed by atoms with Crippen LogP contribution in [0.3, 0.4) is 0 Å². The van der Waals surface area contributed by atoms with Crippen LogP contribution in [0, 0.1) is 10.1 Å². The van der Waals surface area contributed by atoms with Crippen LogP contribution < -0.4 is 19.9 Å². The lowest BCUT2D eigenvalue weighted by Gasteiger charge is -2.16. The van der Waals surface area contributed by atoms with Crippen LogP contribution in [0.4, 0.5) is 10.5 Å². The van der Waals surface area contributed by atoms with Gasteiger partial charge >= 0.3 is 11.8 Å². The zero-order valence-corrected chi connectivity index (χ0v) is 18.0. The zero-order valence-electron chi connectivity index (χ0n) is 18.0. The highest BCUT2D eigenvalue weighted by atomic mass is 16.6. The van der Waals surface area contributed by atoms with Crippen LogP contribution in [0.25, 0.3) is 11.4 Å². The van der Waals surface area contributed by atoms with Gasteiger partial charge in [0.2, 0.25) is 11.6 Å². The molecule has 1 atom stereocenters. The third-order valence-electron chi connectivity index (χ3n) is 4.53. The molecule has 0 saturated carbocycles. The van der Waals surface area contributed by atoms with Crippen molar-refractivity contribution in [1.82, 2.24) is 15.0 Å². The van der Waals surface area contributed by atoms with E-state index in [4.69, 9.17) is 24.7 Å². The van der Waals surface area contributed by atoms with E-state index >= 15 is 0 Å². The normalized spacial score (nSPS) is 11.5. The third-order valence-corrected chi connectivity index (χ3v) is 4.53. The molecule has 0 aliphatic carbocycles. The Morgan fingerprint density at radius 2 is 1.91 bits per heavy atom. The number of nitrogens with zero attached hydrogens (tertiary/aromatic N) is 4. The van der Waals surface area contributed by atoms with Crippen molar-refractivity contribution in [3.8, 4) is 28.8 Å². The first-order chi connectivity index (χ1) is 15.8. The summed E-state index contributed by atoms with van der Waals surface area (Å²) >= 11 is 0. The summed E-state index contributed by atoms with van der Waals surface area (Å²) in [6, 6.07) is 7.82. The molecule has 12 heteroatoms. The van der Waals surface area contributed by atoms with Gasteiger partial charge in [-0.25, -0.2) is 19.7 Å². The van der Waals surface area contributed by atoms with Crippen molar-refractivity contribution in [2.75, 3.05) is 14.2 Å². The van der Waals surface area contributed by atoms with Crippen LogP contribution >= 0.6 is 0 Å². The summed E-state index contributed by atoms with van der Waals surface area (Å²) in [6.07, 6.45) is 1.35. The number of amides is 1. The molecule has 0 fully saturated rings. The van der Waals surface area contributed by atoms with Crippen molar-refractivity contribution >= 4 is 11.8 Å². The van der Waals surface area contributed by atoms with Gasteiger partial charge in [0.15, 0.2) is 11.6 Å². The van der Waals surface area contributed by atoms with Crippen LogP contribution in [0.1, 0.15) is 24.3 Å². The molecule has 1 aromatic carbocycles. The standard InChI is InChI=1S/C21H21N5O7/c1-12(32-11-14-5-4-6-18(25-14)33-21(22)27)13-7-16(19(31-3)17(8-13)26(28)29)20-23-9-15(30-2)10-24-20/h4-10,12H,11H2,1-3H3,(H2,22,27). The summed E-state index contributed by atoms with van der Waals surface area (Å²) < 4.78 is 21.0. The third kappa shape index (κ3) is 5.68. The number of pyridine rings is 1. The molecule has 2 aromatic heterocycles. The quantitative estimate of drug-likeness (QED) is 0.374. The van der Waals surface area contributed by atoms with Crippen molar-refractivity contribution in [1.29, 1.82) is 0 Å². The molecule has 0 aliphatic heterocycles. The van der Waals surface area contributed by atoms with E-state index in [2.05, 4.69) is 15.0 Å². The highest BCUT2D eigenvalue weighted by Crippen LogP contribution is 2.39. The van der Waals surface area contributed by atoms with Crippen molar-refractivity contribution in [2.24, 2.45) is 5.73 Å². The highest BCUT2D eigenvalue weighted by molar-refractivity contribution is 5.72. The van der Waals surface area contributed by atoms with Crippen molar-refractivity contribution in [2.45, 2.75) is 19.6 Å². The Morgan fingerprint density at radius 1 is 1.18 bits per heavy atom. The van der Waals surface area contributed by atoms with Gasteiger partial charge in [-0.1, -0.05) is 6.07 Å².